The molecule has 3 N–H and O–H groups in total. The Balaban J connectivity index is 1.24. The van der Waals surface area contributed by atoms with Gasteiger partial charge < -0.3 is 34.7 Å². The van der Waals surface area contributed by atoms with E-state index in [4.69, 9.17) is 18.9 Å². The maximum atomic E-state index is 12.7. The van der Waals surface area contributed by atoms with Crippen LogP contribution in [0.4, 0.5) is 4.79 Å². The first kappa shape index (κ1) is 34.5. The lowest BCUT2D eigenvalue weighted by Gasteiger charge is -2.43. The van der Waals surface area contributed by atoms with Gasteiger partial charge in [-0.15, -0.1) is 0 Å². The molecule has 6 atom stereocenters. The molecule has 0 saturated carbocycles. The van der Waals surface area contributed by atoms with Crippen molar-refractivity contribution in [2.75, 3.05) is 33.9 Å². The van der Waals surface area contributed by atoms with Crippen LogP contribution in [0.3, 0.4) is 0 Å². The van der Waals surface area contributed by atoms with Crippen LogP contribution in [0.2, 0.25) is 0 Å². The van der Waals surface area contributed by atoms with Gasteiger partial charge in [-0.3, -0.25) is 4.90 Å². The summed E-state index contributed by atoms with van der Waals surface area (Å²) in [5.41, 5.74) is 4.60. The average Bonchev–Trinajstić information content (AvgIpc) is 3.54. The molecule has 2 heterocycles. The molecular formula is C37H47N3O7. The number of likely N-dealkylation sites (tertiary alicyclic amines) is 1. The Kier molecular flexibility index (Phi) is 12.4. The molecule has 2 fully saturated rings. The smallest absolute Gasteiger partial charge is 0.328 e. The maximum Gasteiger partial charge on any atom is 0.328 e. The summed E-state index contributed by atoms with van der Waals surface area (Å²) in [7, 11) is 3.06. The lowest BCUT2D eigenvalue weighted by atomic mass is 9.90. The molecule has 0 unspecified atom stereocenters. The molecule has 2 saturated heterocycles. The fraction of sp³-hybridized carbons (Fsp3) is 0.459. The van der Waals surface area contributed by atoms with Gasteiger partial charge in [0.25, 0.3) is 0 Å². The number of rotatable bonds is 13. The Labute approximate surface area is 277 Å². The molecule has 0 bridgehead atoms. The Morgan fingerprint density at radius 1 is 0.936 bits per heavy atom. The summed E-state index contributed by atoms with van der Waals surface area (Å²) < 4.78 is 23.7. The second-order valence-electron chi connectivity index (χ2n) is 12.4. The van der Waals surface area contributed by atoms with Crippen LogP contribution < -0.4 is 10.6 Å². The summed E-state index contributed by atoms with van der Waals surface area (Å²) in [5.74, 6) is -0.414. The largest absolute Gasteiger partial charge is 0.467 e. The summed E-state index contributed by atoms with van der Waals surface area (Å²) in [5, 5.41) is 15.1. The van der Waals surface area contributed by atoms with Gasteiger partial charge in [0.2, 0.25) is 0 Å². The maximum absolute atomic E-state index is 12.7. The second kappa shape index (κ2) is 16.9. The van der Waals surface area contributed by atoms with Crippen LogP contribution >= 0.6 is 0 Å². The molecule has 0 radical (unpaired) electrons. The highest BCUT2D eigenvalue weighted by Gasteiger charge is 2.40. The van der Waals surface area contributed by atoms with Crippen molar-refractivity contribution in [3.05, 3.63) is 107 Å². The summed E-state index contributed by atoms with van der Waals surface area (Å²) >= 11 is 0. The minimum Gasteiger partial charge on any atom is -0.467 e. The molecule has 0 spiro atoms. The number of benzene rings is 3. The molecule has 10 heteroatoms. The van der Waals surface area contributed by atoms with Gasteiger partial charge in [0.15, 0.2) is 6.29 Å². The lowest BCUT2D eigenvalue weighted by Crippen LogP contribution is -2.47. The van der Waals surface area contributed by atoms with Crippen molar-refractivity contribution in [2.45, 2.75) is 69.9 Å². The molecule has 5 rings (SSSR count). The number of carbonyl (C=O) groups is 2. The molecule has 3 aromatic rings. The number of hydrogen-bond donors (Lipinski definition) is 3. The third kappa shape index (κ3) is 9.18. The van der Waals surface area contributed by atoms with E-state index < -0.39 is 24.3 Å². The van der Waals surface area contributed by atoms with Gasteiger partial charge in [0.05, 0.1) is 32.5 Å². The van der Waals surface area contributed by atoms with E-state index in [1.807, 2.05) is 78.9 Å². The Bertz CT molecular complexity index is 1420. The fourth-order valence-electron chi connectivity index (χ4n) is 6.45. The molecule has 2 aliphatic rings. The van der Waals surface area contributed by atoms with Crippen molar-refractivity contribution >= 4 is 12.0 Å². The van der Waals surface area contributed by atoms with Crippen molar-refractivity contribution in [3.8, 4) is 0 Å². The number of nitrogens with one attached hydrogen (secondary N) is 2. The first-order chi connectivity index (χ1) is 22.9. The number of hydrogen-bond acceptors (Lipinski definition) is 8. The number of methoxy groups -OCH3 is 2. The normalized spacial score (nSPS) is 23.6. The number of carbonyl (C=O) groups excluding carboxylic acids is 2. The minimum atomic E-state index is -0.807. The van der Waals surface area contributed by atoms with Gasteiger partial charge in [-0.1, -0.05) is 85.8 Å². The zero-order chi connectivity index (χ0) is 33.2. The zero-order valence-electron chi connectivity index (χ0n) is 27.5. The number of aliphatic hydroxyl groups excluding tert-OH is 1. The molecule has 10 nitrogen and oxygen atoms in total. The molecule has 0 aromatic heterocycles. The van der Waals surface area contributed by atoms with E-state index in [1.54, 1.807) is 7.11 Å². The standard InChI is InChI=1S/C37H47N3O7/c1-25-33(22-40-19-7-10-31(40)24-44-2)46-36(47-34(25)29-15-13-28(23-41)14-16-29)30-17-11-27(12-18-30)21-38-37(43)39-32(35(42)45-3)20-26-8-5-4-6-9-26/h4-6,8-9,11-18,25,31-34,36,41H,7,10,19-24H2,1-3H3,(H2,38,39,43)/t25-,31-,32-,33+,34+,36+/m0/s1. The van der Waals surface area contributed by atoms with Crippen molar-refractivity contribution in [2.24, 2.45) is 5.92 Å². The highest BCUT2D eigenvalue weighted by Crippen LogP contribution is 2.42. The number of aliphatic hydroxyl groups is 1. The first-order valence-electron chi connectivity index (χ1n) is 16.4. The number of amides is 2. The van der Waals surface area contributed by atoms with Crippen LogP contribution in [-0.2, 0) is 43.3 Å². The Morgan fingerprint density at radius 3 is 2.32 bits per heavy atom. The average molecular weight is 646 g/mol. The van der Waals surface area contributed by atoms with Crippen LogP contribution in [0, 0.1) is 5.92 Å². The zero-order valence-corrected chi connectivity index (χ0v) is 27.5. The van der Waals surface area contributed by atoms with Crippen molar-refractivity contribution in [1.82, 2.24) is 15.5 Å². The number of nitrogens with zero attached hydrogens (tertiary/aromatic N) is 1. The van der Waals surface area contributed by atoms with Crippen LogP contribution in [0.5, 0.6) is 0 Å². The molecule has 2 aliphatic heterocycles. The Hall–Kier alpha value is -3.80. The summed E-state index contributed by atoms with van der Waals surface area (Å²) in [6.45, 7) is 4.95. The van der Waals surface area contributed by atoms with Gasteiger partial charge in [-0.25, -0.2) is 9.59 Å². The quantitative estimate of drug-likeness (QED) is 0.230. The van der Waals surface area contributed by atoms with Gasteiger partial charge in [-0.05, 0) is 41.6 Å². The van der Waals surface area contributed by atoms with E-state index >= 15 is 0 Å². The first-order valence-corrected chi connectivity index (χ1v) is 16.4. The van der Waals surface area contributed by atoms with Crippen molar-refractivity contribution in [3.63, 3.8) is 0 Å². The lowest BCUT2D eigenvalue weighted by molar-refractivity contribution is -0.276. The molecule has 47 heavy (non-hydrogen) atoms. The number of urea groups is 1. The fourth-order valence-corrected chi connectivity index (χ4v) is 6.45. The van der Waals surface area contributed by atoms with Crippen LogP contribution in [0.25, 0.3) is 0 Å². The van der Waals surface area contributed by atoms with E-state index in [1.165, 1.54) is 7.11 Å². The Morgan fingerprint density at radius 2 is 1.64 bits per heavy atom. The van der Waals surface area contributed by atoms with Gasteiger partial charge in [0.1, 0.15) is 6.04 Å². The van der Waals surface area contributed by atoms with Crippen LogP contribution in [0.15, 0.2) is 78.9 Å². The number of ether oxygens (including phenoxy) is 4. The molecule has 252 valence electrons. The van der Waals surface area contributed by atoms with Crippen molar-refractivity contribution in [1.29, 1.82) is 0 Å². The van der Waals surface area contributed by atoms with E-state index in [0.29, 0.717) is 19.1 Å². The monoisotopic (exact) mass is 645 g/mol. The molecule has 2 amide bonds. The summed E-state index contributed by atoms with van der Waals surface area (Å²) in [6, 6.07) is 24.3. The van der Waals surface area contributed by atoms with Crippen LogP contribution in [-0.4, -0.2) is 74.1 Å². The van der Waals surface area contributed by atoms with Gasteiger partial charge >= 0.3 is 12.0 Å². The topological polar surface area (TPSA) is 119 Å². The SMILES string of the molecule is COC[C@@H]1CCCN1C[C@H]1O[C@@H](c2ccc(CNC(=O)N[C@@H](Cc3ccccc3)C(=O)OC)cc2)O[C@@H](c2ccc(CO)cc2)[C@H]1C. The second-order valence-corrected chi connectivity index (χ2v) is 12.4. The third-order valence-corrected chi connectivity index (χ3v) is 9.17. The molecule has 0 aliphatic carbocycles. The van der Waals surface area contributed by atoms with E-state index in [2.05, 4.69) is 22.5 Å². The van der Waals surface area contributed by atoms with Gasteiger partial charge in [0, 0.05) is 44.1 Å². The van der Waals surface area contributed by atoms with E-state index in [-0.39, 0.29) is 31.3 Å². The predicted molar refractivity (Wildman–Crippen MR) is 177 cm³/mol. The predicted octanol–water partition coefficient (Wildman–Crippen LogP) is 4.66. The highest BCUT2D eigenvalue weighted by atomic mass is 16.7. The molecular weight excluding hydrogens is 598 g/mol. The van der Waals surface area contributed by atoms with E-state index in [9.17, 15) is 14.7 Å². The summed E-state index contributed by atoms with van der Waals surface area (Å²) in [4.78, 5) is 27.6. The van der Waals surface area contributed by atoms with Gasteiger partial charge in [-0.2, -0.15) is 0 Å². The highest BCUT2D eigenvalue weighted by molar-refractivity contribution is 5.83. The number of esters is 1. The van der Waals surface area contributed by atoms with Crippen LogP contribution in [0.1, 0.15) is 60.0 Å². The minimum absolute atomic E-state index is 0.00597. The summed E-state index contributed by atoms with van der Waals surface area (Å²) in [6.07, 6.45) is 1.74. The third-order valence-electron chi connectivity index (χ3n) is 9.17. The van der Waals surface area contributed by atoms with E-state index in [0.717, 1.165) is 53.7 Å². The van der Waals surface area contributed by atoms with Crippen molar-refractivity contribution < 1.29 is 33.6 Å². The molecule has 3 aromatic carbocycles.